The molecule has 0 bridgehead atoms. The van der Waals surface area contributed by atoms with Crippen molar-refractivity contribution in [2.45, 2.75) is 19.0 Å². The lowest BCUT2D eigenvalue weighted by Gasteiger charge is -2.13. The Morgan fingerprint density at radius 1 is 1.17 bits per heavy atom. The number of aryl methyl sites for hydroxylation is 1. The van der Waals surface area contributed by atoms with Gasteiger partial charge in [0, 0.05) is 21.0 Å². The van der Waals surface area contributed by atoms with E-state index in [0.717, 1.165) is 9.64 Å². The predicted molar refractivity (Wildman–Crippen MR) is 111 cm³/mol. The third-order valence-corrected chi connectivity index (χ3v) is 5.08. The van der Waals surface area contributed by atoms with Crippen LogP contribution < -0.4 is 10.9 Å². The van der Waals surface area contributed by atoms with Crippen LogP contribution >= 0.6 is 22.6 Å². The van der Waals surface area contributed by atoms with E-state index in [2.05, 4.69) is 10.3 Å². The Bertz CT molecular complexity index is 1130. The van der Waals surface area contributed by atoms with Gasteiger partial charge in [0.2, 0.25) is 0 Å². The van der Waals surface area contributed by atoms with Crippen molar-refractivity contribution in [3.63, 3.8) is 0 Å². The van der Waals surface area contributed by atoms with Crippen molar-refractivity contribution < 1.29 is 23.1 Å². The summed E-state index contributed by atoms with van der Waals surface area (Å²) in [6, 6.07) is 10.3. The number of hydrogen-bond acceptors (Lipinski definition) is 3. The summed E-state index contributed by atoms with van der Waals surface area (Å²) in [5.41, 5.74) is -1.09. The number of amides is 1. The van der Waals surface area contributed by atoms with Crippen LogP contribution in [0.15, 0.2) is 47.3 Å². The van der Waals surface area contributed by atoms with Crippen LogP contribution in [0.2, 0.25) is 0 Å². The molecule has 0 aliphatic rings. The van der Waals surface area contributed by atoms with Crippen molar-refractivity contribution >= 4 is 39.4 Å². The molecule has 1 heterocycles. The van der Waals surface area contributed by atoms with Gasteiger partial charge in [-0.1, -0.05) is 18.2 Å². The summed E-state index contributed by atoms with van der Waals surface area (Å²) >= 11 is 2.04. The number of halogens is 4. The standard InChI is InChI=1S/C20H16F3IN2O3/c21-20(22,23)14-6-2-1-4-11(14)5-3-9-25-18(28)16-13-10-12(24)7-8-15(13)26-19(29)17(16)27/h1-2,4,6-8,10,27H,3,5,9H2,(H,25,28)(H,26,29). The highest BCUT2D eigenvalue weighted by Gasteiger charge is 2.32. The fraction of sp³-hybridized carbons (Fsp3) is 0.200. The number of carbonyl (C=O) groups is 1. The maximum absolute atomic E-state index is 13.0. The molecule has 0 fully saturated rings. The van der Waals surface area contributed by atoms with Gasteiger partial charge >= 0.3 is 6.18 Å². The predicted octanol–water partition coefficient (Wildman–Crippen LogP) is 4.22. The number of benzene rings is 2. The molecule has 0 aliphatic carbocycles. The Balaban J connectivity index is 1.74. The van der Waals surface area contributed by atoms with Crippen LogP contribution in [0.3, 0.4) is 0 Å². The molecule has 152 valence electrons. The molecule has 5 nitrogen and oxygen atoms in total. The quantitative estimate of drug-likeness (QED) is 0.351. The first-order valence-electron chi connectivity index (χ1n) is 8.66. The second-order valence-electron chi connectivity index (χ2n) is 6.38. The van der Waals surface area contributed by atoms with Crippen LogP contribution in [-0.2, 0) is 12.6 Å². The van der Waals surface area contributed by atoms with E-state index in [-0.39, 0.29) is 30.5 Å². The fourth-order valence-electron chi connectivity index (χ4n) is 3.07. The molecule has 0 radical (unpaired) electrons. The number of nitrogens with one attached hydrogen (secondary N) is 2. The van der Waals surface area contributed by atoms with E-state index in [4.69, 9.17) is 0 Å². The van der Waals surface area contributed by atoms with Gasteiger partial charge in [-0.2, -0.15) is 13.2 Å². The third kappa shape index (κ3) is 4.72. The molecule has 9 heteroatoms. The molecule has 1 aromatic heterocycles. The molecule has 0 aliphatic heterocycles. The van der Waals surface area contributed by atoms with E-state index >= 15 is 0 Å². The number of pyridine rings is 1. The van der Waals surface area contributed by atoms with Gasteiger partial charge < -0.3 is 15.4 Å². The average Bonchev–Trinajstić information content (AvgIpc) is 2.66. The summed E-state index contributed by atoms with van der Waals surface area (Å²) in [6.07, 6.45) is -4.05. The minimum atomic E-state index is -4.44. The fourth-order valence-corrected chi connectivity index (χ4v) is 3.56. The van der Waals surface area contributed by atoms with Gasteiger partial charge in [-0.3, -0.25) is 9.59 Å². The van der Waals surface area contributed by atoms with Gasteiger partial charge in [0.25, 0.3) is 11.5 Å². The van der Waals surface area contributed by atoms with Crippen LogP contribution in [0, 0.1) is 3.57 Å². The van der Waals surface area contributed by atoms with E-state index < -0.39 is 29.0 Å². The van der Waals surface area contributed by atoms with Crippen LogP contribution in [0.4, 0.5) is 13.2 Å². The number of H-pyrrole nitrogens is 1. The molecule has 29 heavy (non-hydrogen) atoms. The van der Waals surface area contributed by atoms with E-state index in [9.17, 15) is 27.9 Å². The molecular weight excluding hydrogens is 500 g/mol. The number of fused-ring (bicyclic) bond motifs is 1. The lowest BCUT2D eigenvalue weighted by atomic mass is 10.0. The highest BCUT2D eigenvalue weighted by Crippen LogP contribution is 2.32. The second-order valence-corrected chi connectivity index (χ2v) is 7.63. The molecule has 0 saturated carbocycles. The van der Waals surface area contributed by atoms with Gasteiger partial charge in [-0.25, -0.2) is 0 Å². The molecule has 1 amide bonds. The Labute approximate surface area is 177 Å². The summed E-state index contributed by atoms with van der Waals surface area (Å²) in [5.74, 6) is -1.36. The molecule has 0 spiro atoms. The molecule has 3 rings (SSSR count). The SMILES string of the molecule is O=C(NCCCc1ccccc1C(F)(F)F)c1c(O)c(=O)[nH]c2ccc(I)cc12. The molecule has 0 unspecified atom stereocenters. The molecule has 0 saturated heterocycles. The van der Waals surface area contributed by atoms with Crippen LogP contribution in [0.5, 0.6) is 5.75 Å². The maximum Gasteiger partial charge on any atom is 0.416 e. The summed E-state index contributed by atoms with van der Waals surface area (Å²) in [4.78, 5) is 27.0. The van der Waals surface area contributed by atoms with Crippen molar-refractivity contribution in [2.75, 3.05) is 6.54 Å². The van der Waals surface area contributed by atoms with Crippen molar-refractivity contribution in [1.82, 2.24) is 10.3 Å². The third-order valence-electron chi connectivity index (χ3n) is 4.41. The smallest absolute Gasteiger partial charge is 0.416 e. The van der Waals surface area contributed by atoms with Gasteiger partial charge in [0.05, 0.1) is 11.1 Å². The lowest BCUT2D eigenvalue weighted by molar-refractivity contribution is -0.138. The second kappa shape index (κ2) is 8.44. The largest absolute Gasteiger partial charge is 0.502 e. The van der Waals surface area contributed by atoms with Gasteiger partial charge in [0.15, 0.2) is 5.75 Å². The highest BCUT2D eigenvalue weighted by atomic mass is 127. The summed E-state index contributed by atoms with van der Waals surface area (Å²) in [7, 11) is 0. The number of carbonyl (C=O) groups excluding carboxylic acids is 1. The Morgan fingerprint density at radius 2 is 1.90 bits per heavy atom. The van der Waals surface area contributed by atoms with Crippen LogP contribution in [-0.4, -0.2) is 22.5 Å². The first-order valence-corrected chi connectivity index (χ1v) is 9.74. The molecule has 2 aromatic carbocycles. The van der Waals surface area contributed by atoms with Crippen LogP contribution in [0.1, 0.15) is 27.9 Å². The van der Waals surface area contributed by atoms with Gasteiger partial charge in [0.1, 0.15) is 0 Å². The maximum atomic E-state index is 13.0. The molecular formula is C20H16F3IN2O3. The van der Waals surface area contributed by atoms with E-state index in [0.29, 0.717) is 10.9 Å². The number of rotatable bonds is 5. The molecule has 3 aromatic rings. The topological polar surface area (TPSA) is 82.2 Å². The van der Waals surface area contributed by atoms with Crippen molar-refractivity contribution in [2.24, 2.45) is 0 Å². The summed E-state index contributed by atoms with van der Waals surface area (Å²) in [5, 5.41) is 13.0. The number of aromatic amines is 1. The van der Waals surface area contributed by atoms with E-state index in [1.165, 1.54) is 18.2 Å². The minimum Gasteiger partial charge on any atom is -0.502 e. The number of hydrogen-bond donors (Lipinski definition) is 3. The van der Waals surface area contributed by atoms with Crippen LogP contribution in [0.25, 0.3) is 10.9 Å². The monoisotopic (exact) mass is 516 g/mol. The lowest BCUT2D eigenvalue weighted by Crippen LogP contribution is -2.27. The molecule has 0 atom stereocenters. The van der Waals surface area contributed by atoms with Gasteiger partial charge in [-0.15, -0.1) is 0 Å². The first kappa shape index (κ1) is 21.2. The minimum absolute atomic E-state index is 0.0860. The summed E-state index contributed by atoms with van der Waals surface area (Å²) in [6.45, 7) is 0.0860. The van der Waals surface area contributed by atoms with Crippen molar-refractivity contribution in [3.05, 3.63) is 73.1 Å². The Kier molecular flexibility index (Phi) is 6.15. The van der Waals surface area contributed by atoms with Crippen molar-refractivity contribution in [1.29, 1.82) is 0 Å². The van der Waals surface area contributed by atoms with Crippen molar-refractivity contribution in [3.8, 4) is 5.75 Å². The normalized spacial score (nSPS) is 11.6. The van der Waals surface area contributed by atoms with E-state index in [1.54, 1.807) is 18.2 Å². The number of aromatic hydroxyl groups is 1. The zero-order chi connectivity index (χ0) is 21.2. The van der Waals surface area contributed by atoms with E-state index in [1.807, 2.05) is 22.6 Å². The van der Waals surface area contributed by atoms with Gasteiger partial charge in [-0.05, 0) is 65.3 Å². The number of aromatic nitrogens is 1. The Hall–Kier alpha value is -2.56. The molecule has 3 N–H and O–H groups in total. The Morgan fingerprint density at radius 3 is 2.62 bits per heavy atom. The highest BCUT2D eigenvalue weighted by molar-refractivity contribution is 14.1. The average molecular weight is 516 g/mol. The zero-order valence-corrected chi connectivity index (χ0v) is 17.1. The number of alkyl halides is 3. The first-order chi connectivity index (χ1) is 13.7. The zero-order valence-electron chi connectivity index (χ0n) is 14.9. The summed E-state index contributed by atoms with van der Waals surface area (Å²) < 4.78 is 39.9.